The molecule has 0 unspecified atom stereocenters. The highest BCUT2D eigenvalue weighted by Gasteiger charge is 1.92. The van der Waals surface area contributed by atoms with Crippen molar-refractivity contribution in [3.8, 4) is 0 Å². The number of aliphatic hydroxyl groups excluding tert-OH is 1. The van der Waals surface area contributed by atoms with Gasteiger partial charge in [-0.1, -0.05) is 11.2 Å². The first-order chi connectivity index (χ1) is 5.36. The molecule has 0 aliphatic rings. The van der Waals surface area contributed by atoms with Gasteiger partial charge < -0.3 is 10.3 Å². The molecule has 58 valence electrons. The van der Waals surface area contributed by atoms with Crippen LogP contribution in [0.4, 0.5) is 0 Å². The van der Waals surface area contributed by atoms with Gasteiger partial charge in [-0.15, -0.1) is 0 Å². The lowest BCUT2D eigenvalue weighted by Crippen LogP contribution is -1.93. The molecule has 0 amide bonds. The smallest absolute Gasteiger partial charge is 0.0918 e. The maximum atomic E-state index is 8.66. The van der Waals surface area contributed by atoms with Gasteiger partial charge in [0.2, 0.25) is 0 Å². The van der Waals surface area contributed by atoms with Crippen molar-refractivity contribution in [1.29, 1.82) is 0 Å². The first kappa shape index (κ1) is 7.68. The van der Waals surface area contributed by atoms with Crippen LogP contribution in [-0.2, 0) is 6.61 Å². The highest BCUT2D eigenvalue weighted by Crippen LogP contribution is 1.96. The highest BCUT2D eigenvalue weighted by molar-refractivity contribution is 5.76. The molecule has 0 aliphatic heterocycles. The van der Waals surface area contributed by atoms with Crippen LogP contribution in [0.1, 0.15) is 11.4 Å². The Bertz CT molecular complexity index is 260. The number of hydrogen-bond donors (Lipinski definition) is 2. The number of nitrogens with zero attached hydrogens (tertiary/aromatic N) is 2. The molecule has 4 heteroatoms. The number of aromatic nitrogens is 1. The van der Waals surface area contributed by atoms with E-state index in [9.17, 15) is 0 Å². The summed E-state index contributed by atoms with van der Waals surface area (Å²) >= 11 is 0. The number of pyridine rings is 1. The summed E-state index contributed by atoms with van der Waals surface area (Å²) in [4.78, 5) is 3.92. The van der Waals surface area contributed by atoms with Crippen LogP contribution in [0, 0.1) is 0 Å². The van der Waals surface area contributed by atoms with Crippen LogP contribution >= 0.6 is 0 Å². The summed E-state index contributed by atoms with van der Waals surface area (Å²) in [7, 11) is 0. The van der Waals surface area contributed by atoms with Gasteiger partial charge in [-0.25, -0.2) is 4.98 Å². The molecular formula is C7H8N2O2. The molecular weight excluding hydrogens is 144 g/mol. The predicted molar refractivity (Wildman–Crippen MR) is 39.5 cm³/mol. The van der Waals surface area contributed by atoms with E-state index in [1.807, 2.05) is 0 Å². The molecule has 0 atom stereocenters. The highest BCUT2D eigenvalue weighted by atomic mass is 16.4. The second kappa shape index (κ2) is 3.68. The lowest BCUT2D eigenvalue weighted by atomic mass is 10.3. The van der Waals surface area contributed by atoms with Crippen LogP contribution in [0.15, 0.2) is 23.4 Å². The Balaban J connectivity index is 2.91. The van der Waals surface area contributed by atoms with Gasteiger partial charge >= 0.3 is 0 Å². The summed E-state index contributed by atoms with van der Waals surface area (Å²) in [6.07, 6.45) is 1.21. The van der Waals surface area contributed by atoms with Crippen LogP contribution in [0.2, 0.25) is 0 Å². The van der Waals surface area contributed by atoms with Crippen molar-refractivity contribution in [2.45, 2.75) is 6.61 Å². The third-order valence-electron chi connectivity index (χ3n) is 1.18. The second-order valence-corrected chi connectivity index (χ2v) is 1.96. The van der Waals surface area contributed by atoms with Crippen molar-refractivity contribution in [3.05, 3.63) is 29.6 Å². The van der Waals surface area contributed by atoms with Crippen LogP contribution in [0.25, 0.3) is 0 Å². The Morgan fingerprint density at radius 2 is 2.36 bits per heavy atom. The van der Waals surface area contributed by atoms with E-state index in [1.165, 1.54) is 6.21 Å². The van der Waals surface area contributed by atoms with Crippen molar-refractivity contribution < 1.29 is 10.3 Å². The zero-order valence-electron chi connectivity index (χ0n) is 5.81. The van der Waals surface area contributed by atoms with Gasteiger partial charge in [0.25, 0.3) is 0 Å². The maximum Gasteiger partial charge on any atom is 0.0918 e. The first-order valence-electron chi connectivity index (χ1n) is 3.11. The van der Waals surface area contributed by atoms with Crippen molar-refractivity contribution in [1.82, 2.24) is 4.98 Å². The molecule has 1 aromatic rings. The topological polar surface area (TPSA) is 65.7 Å². The molecule has 4 nitrogen and oxygen atoms in total. The quantitative estimate of drug-likeness (QED) is 0.366. The minimum Gasteiger partial charge on any atom is -0.411 e. The fourth-order valence-corrected chi connectivity index (χ4v) is 0.717. The fraction of sp³-hybridized carbons (Fsp3) is 0.143. The molecule has 0 aliphatic carbocycles. The third kappa shape index (κ3) is 2.01. The first-order valence-corrected chi connectivity index (χ1v) is 3.11. The van der Waals surface area contributed by atoms with E-state index in [1.54, 1.807) is 18.2 Å². The summed E-state index contributed by atoms with van der Waals surface area (Å²) < 4.78 is 0. The lowest BCUT2D eigenvalue weighted by molar-refractivity contribution is 0.276. The lowest BCUT2D eigenvalue weighted by Gasteiger charge is -1.94. The molecule has 1 aromatic heterocycles. The Labute approximate surface area is 63.8 Å². The molecule has 0 aromatic carbocycles. The van der Waals surface area contributed by atoms with Gasteiger partial charge in [-0.2, -0.15) is 0 Å². The fourth-order valence-electron chi connectivity index (χ4n) is 0.717. The number of aliphatic hydroxyl groups is 1. The molecule has 11 heavy (non-hydrogen) atoms. The normalized spacial score (nSPS) is 10.6. The summed E-state index contributed by atoms with van der Waals surface area (Å²) in [5, 5.41) is 19.6. The Morgan fingerprint density at radius 1 is 1.55 bits per heavy atom. The molecule has 0 radical (unpaired) electrons. The molecule has 0 spiro atoms. The number of rotatable bonds is 2. The summed E-state index contributed by atoms with van der Waals surface area (Å²) in [5.41, 5.74) is 1.08. The van der Waals surface area contributed by atoms with Crippen LogP contribution in [0.3, 0.4) is 0 Å². The van der Waals surface area contributed by atoms with Gasteiger partial charge in [0, 0.05) is 0 Å². The molecule has 1 rings (SSSR count). The monoisotopic (exact) mass is 152 g/mol. The van der Waals surface area contributed by atoms with E-state index >= 15 is 0 Å². The van der Waals surface area contributed by atoms with Gasteiger partial charge in [0.15, 0.2) is 0 Å². The van der Waals surface area contributed by atoms with Crippen molar-refractivity contribution in [3.63, 3.8) is 0 Å². The van der Waals surface area contributed by atoms with Crippen molar-refractivity contribution >= 4 is 6.21 Å². The van der Waals surface area contributed by atoms with Crippen molar-refractivity contribution in [2.24, 2.45) is 5.16 Å². The molecule has 0 bridgehead atoms. The second-order valence-electron chi connectivity index (χ2n) is 1.96. The Morgan fingerprint density at radius 3 is 3.00 bits per heavy atom. The SMILES string of the molecule is OCc1cccc(C=NO)n1. The van der Waals surface area contributed by atoms with E-state index in [0.29, 0.717) is 11.4 Å². The Hall–Kier alpha value is -1.42. The van der Waals surface area contributed by atoms with Crippen LogP contribution in [0.5, 0.6) is 0 Å². The molecule has 0 fully saturated rings. The van der Waals surface area contributed by atoms with E-state index in [-0.39, 0.29) is 6.61 Å². The van der Waals surface area contributed by atoms with Gasteiger partial charge in [-0.3, -0.25) is 0 Å². The van der Waals surface area contributed by atoms with Crippen molar-refractivity contribution in [2.75, 3.05) is 0 Å². The predicted octanol–water partition coefficient (Wildman–Crippen LogP) is 0.382. The van der Waals surface area contributed by atoms with E-state index in [2.05, 4.69) is 10.1 Å². The van der Waals surface area contributed by atoms with Gasteiger partial charge in [-0.05, 0) is 12.1 Å². The van der Waals surface area contributed by atoms with E-state index < -0.39 is 0 Å². The zero-order chi connectivity index (χ0) is 8.10. The summed E-state index contributed by atoms with van der Waals surface area (Å²) in [5.74, 6) is 0. The Kier molecular flexibility index (Phi) is 2.57. The molecule has 1 heterocycles. The van der Waals surface area contributed by atoms with E-state index in [4.69, 9.17) is 10.3 Å². The third-order valence-corrected chi connectivity index (χ3v) is 1.18. The summed E-state index contributed by atoms with van der Waals surface area (Å²) in [6.45, 7) is -0.104. The maximum absolute atomic E-state index is 8.66. The largest absolute Gasteiger partial charge is 0.411 e. The van der Waals surface area contributed by atoms with Gasteiger partial charge in [0.1, 0.15) is 0 Å². The standard InChI is InChI=1S/C7H8N2O2/c10-5-7-3-1-2-6(9-7)4-8-11/h1-4,10-11H,5H2. The van der Waals surface area contributed by atoms with E-state index in [0.717, 1.165) is 0 Å². The molecule has 0 saturated carbocycles. The van der Waals surface area contributed by atoms with Crippen LogP contribution < -0.4 is 0 Å². The molecule has 2 N–H and O–H groups in total. The van der Waals surface area contributed by atoms with Crippen LogP contribution in [-0.4, -0.2) is 21.5 Å². The number of oxime groups is 1. The minimum absolute atomic E-state index is 0.104. The minimum atomic E-state index is -0.104. The zero-order valence-corrected chi connectivity index (χ0v) is 5.81. The van der Waals surface area contributed by atoms with Gasteiger partial charge in [0.05, 0.1) is 24.2 Å². The average Bonchev–Trinajstić information content (AvgIpc) is 2.06. The number of hydrogen-bond acceptors (Lipinski definition) is 4. The average molecular weight is 152 g/mol. The molecule has 0 saturated heterocycles. The summed E-state index contributed by atoms with van der Waals surface area (Å²) in [6, 6.07) is 5.10.